The third-order valence-corrected chi connectivity index (χ3v) is 5.72. The summed E-state index contributed by atoms with van der Waals surface area (Å²) in [6, 6.07) is 11.9. The zero-order valence-corrected chi connectivity index (χ0v) is 14.4. The molecule has 112 valence electrons. The molecule has 0 bridgehead atoms. The normalized spacial score (nSPS) is 11.8. The Morgan fingerprint density at radius 2 is 1.95 bits per heavy atom. The van der Waals surface area contributed by atoms with Crippen LogP contribution in [0.5, 0.6) is 0 Å². The van der Waals surface area contributed by atoms with Gasteiger partial charge in [0.25, 0.3) is 0 Å². The van der Waals surface area contributed by atoms with Gasteiger partial charge in [-0.25, -0.2) is 8.42 Å². The molecule has 2 aromatic rings. The van der Waals surface area contributed by atoms with E-state index in [1.165, 1.54) is 23.5 Å². The summed E-state index contributed by atoms with van der Waals surface area (Å²) < 4.78 is 27.3. The van der Waals surface area contributed by atoms with Crippen molar-refractivity contribution >= 4 is 43.2 Å². The summed E-state index contributed by atoms with van der Waals surface area (Å²) in [5.74, 6) is 0. The summed E-state index contributed by atoms with van der Waals surface area (Å²) in [4.78, 5) is 0.0154. The summed E-state index contributed by atoms with van der Waals surface area (Å²) in [5, 5.41) is 0.158. The second kappa shape index (κ2) is 6.36. The van der Waals surface area contributed by atoms with Crippen molar-refractivity contribution in [2.45, 2.75) is 11.4 Å². The number of benzene rings is 2. The first-order valence-corrected chi connectivity index (χ1v) is 8.67. The molecule has 0 aliphatic carbocycles. The molecule has 21 heavy (non-hydrogen) atoms. The van der Waals surface area contributed by atoms with E-state index in [1.54, 1.807) is 6.07 Å². The summed E-state index contributed by atoms with van der Waals surface area (Å²) >= 11 is 9.35. The molecule has 0 unspecified atom stereocenters. The zero-order valence-electron chi connectivity index (χ0n) is 11.3. The number of halogens is 2. The average molecular weight is 390 g/mol. The van der Waals surface area contributed by atoms with E-state index in [4.69, 9.17) is 17.3 Å². The van der Waals surface area contributed by atoms with Crippen molar-refractivity contribution in [1.29, 1.82) is 0 Å². The van der Waals surface area contributed by atoms with E-state index < -0.39 is 10.0 Å². The van der Waals surface area contributed by atoms with Gasteiger partial charge in [0.2, 0.25) is 10.0 Å². The van der Waals surface area contributed by atoms with Gasteiger partial charge in [-0.3, -0.25) is 0 Å². The molecule has 2 aromatic carbocycles. The van der Waals surface area contributed by atoms with Gasteiger partial charge in [-0.15, -0.1) is 0 Å². The molecular formula is C14H14BrClN2O2S. The smallest absolute Gasteiger partial charge is 0.244 e. The molecule has 4 nitrogen and oxygen atoms in total. The topological polar surface area (TPSA) is 63.4 Å². The minimum Gasteiger partial charge on any atom is -0.399 e. The monoisotopic (exact) mass is 388 g/mol. The Bertz CT molecular complexity index is 765. The molecule has 0 amide bonds. The first-order chi connectivity index (χ1) is 9.80. The Labute approximate surface area is 137 Å². The minimum atomic E-state index is -3.70. The highest BCUT2D eigenvalue weighted by molar-refractivity contribution is 9.10. The first kappa shape index (κ1) is 16.3. The van der Waals surface area contributed by atoms with Crippen molar-refractivity contribution in [2.75, 3.05) is 12.8 Å². The lowest BCUT2D eigenvalue weighted by Crippen LogP contribution is -2.26. The highest BCUT2D eigenvalue weighted by Gasteiger charge is 2.24. The van der Waals surface area contributed by atoms with Crippen LogP contribution in [0.3, 0.4) is 0 Å². The third-order valence-electron chi connectivity index (χ3n) is 2.94. The van der Waals surface area contributed by atoms with Gasteiger partial charge in [0.15, 0.2) is 0 Å². The van der Waals surface area contributed by atoms with Gasteiger partial charge < -0.3 is 5.73 Å². The van der Waals surface area contributed by atoms with Crippen molar-refractivity contribution in [2.24, 2.45) is 0 Å². The maximum atomic E-state index is 12.6. The Morgan fingerprint density at radius 3 is 2.62 bits per heavy atom. The Balaban J connectivity index is 2.33. The van der Waals surface area contributed by atoms with Crippen LogP contribution in [0.1, 0.15) is 5.56 Å². The maximum absolute atomic E-state index is 12.6. The maximum Gasteiger partial charge on any atom is 0.244 e. The van der Waals surface area contributed by atoms with E-state index in [0.29, 0.717) is 5.69 Å². The molecule has 0 fully saturated rings. The Morgan fingerprint density at radius 1 is 1.24 bits per heavy atom. The predicted octanol–water partition coefficient (Wildman–Crippen LogP) is 3.51. The van der Waals surface area contributed by atoms with Crippen molar-refractivity contribution in [3.05, 3.63) is 57.5 Å². The number of hydrogen-bond acceptors (Lipinski definition) is 3. The molecule has 0 aliphatic heterocycles. The van der Waals surface area contributed by atoms with Crippen LogP contribution < -0.4 is 5.73 Å². The van der Waals surface area contributed by atoms with Crippen LogP contribution in [0.15, 0.2) is 51.8 Å². The fraction of sp³-hybridized carbons (Fsp3) is 0.143. The van der Waals surface area contributed by atoms with E-state index in [1.807, 2.05) is 24.3 Å². The number of nitrogen functional groups attached to an aromatic ring is 1. The van der Waals surface area contributed by atoms with Crippen LogP contribution in [-0.2, 0) is 16.6 Å². The zero-order chi connectivity index (χ0) is 15.6. The molecule has 0 saturated carbocycles. The van der Waals surface area contributed by atoms with Gasteiger partial charge in [-0.05, 0) is 35.9 Å². The Hall–Kier alpha value is -1.08. The highest BCUT2D eigenvalue weighted by atomic mass is 79.9. The van der Waals surface area contributed by atoms with E-state index in [9.17, 15) is 8.42 Å². The van der Waals surface area contributed by atoms with E-state index in [-0.39, 0.29) is 16.5 Å². The van der Waals surface area contributed by atoms with Crippen molar-refractivity contribution in [1.82, 2.24) is 4.31 Å². The molecule has 0 aliphatic rings. The molecule has 0 heterocycles. The number of nitrogens with zero attached hydrogens (tertiary/aromatic N) is 1. The summed E-state index contributed by atoms with van der Waals surface area (Å²) in [6.45, 7) is 0.243. The second-order valence-electron chi connectivity index (χ2n) is 4.58. The molecule has 2 rings (SSSR count). The van der Waals surface area contributed by atoms with E-state index in [2.05, 4.69) is 15.9 Å². The van der Waals surface area contributed by atoms with Gasteiger partial charge in [0, 0.05) is 23.8 Å². The molecule has 7 heteroatoms. The SMILES string of the molecule is CN(Cc1cccc(Br)c1)S(=O)(=O)c1cc(N)ccc1Cl. The van der Waals surface area contributed by atoms with Crippen LogP contribution in [0.25, 0.3) is 0 Å². The summed E-state index contributed by atoms with van der Waals surface area (Å²) in [7, 11) is -2.19. The summed E-state index contributed by atoms with van der Waals surface area (Å²) in [5.41, 5.74) is 6.88. The largest absolute Gasteiger partial charge is 0.399 e. The number of hydrogen-bond donors (Lipinski definition) is 1. The third kappa shape index (κ3) is 3.77. The first-order valence-electron chi connectivity index (χ1n) is 6.06. The lowest BCUT2D eigenvalue weighted by atomic mass is 10.2. The standard InChI is InChI=1S/C14H14BrClN2O2S/c1-18(9-10-3-2-4-11(15)7-10)21(19,20)14-8-12(17)5-6-13(14)16/h2-8H,9,17H2,1H3. The molecule has 0 atom stereocenters. The van der Waals surface area contributed by atoms with Crippen LogP contribution in [-0.4, -0.2) is 19.8 Å². The van der Waals surface area contributed by atoms with Crippen LogP contribution in [0.2, 0.25) is 5.02 Å². The molecule has 0 saturated heterocycles. The molecule has 0 spiro atoms. The average Bonchev–Trinajstić information content (AvgIpc) is 2.41. The van der Waals surface area contributed by atoms with Crippen molar-refractivity contribution in [3.63, 3.8) is 0 Å². The highest BCUT2D eigenvalue weighted by Crippen LogP contribution is 2.27. The number of sulfonamides is 1. The lowest BCUT2D eigenvalue weighted by molar-refractivity contribution is 0.467. The predicted molar refractivity (Wildman–Crippen MR) is 88.7 cm³/mol. The Kier molecular flexibility index (Phi) is 4.93. The van der Waals surface area contributed by atoms with Crippen molar-refractivity contribution < 1.29 is 8.42 Å². The van der Waals surface area contributed by atoms with Crippen LogP contribution in [0, 0.1) is 0 Å². The second-order valence-corrected chi connectivity index (χ2v) is 7.92. The van der Waals surface area contributed by atoms with Crippen LogP contribution >= 0.6 is 27.5 Å². The van der Waals surface area contributed by atoms with E-state index in [0.717, 1.165) is 10.0 Å². The minimum absolute atomic E-state index is 0.0154. The fourth-order valence-electron chi connectivity index (χ4n) is 1.86. The number of nitrogens with two attached hydrogens (primary N) is 1. The fourth-order valence-corrected chi connectivity index (χ4v) is 3.97. The van der Waals surface area contributed by atoms with E-state index >= 15 is 0 Å². The quantitative estimate of drug-likeness (QED) is 0.814. The van der Waals surface area contributed by atoms with Gasteiger partial charge in [0.05, 0.1) is 5.02 Å². The molecule has 0 aromatic heterocycles. The van der Waals surface area contributed by atoms with Gasteiger partial charge in [-0.1, -0.05) is 39.7 Å². The van der Waals surface area contributed by atoms with Gasteiger partial charge >= 0.3 is 0 Å². The molecule has 2 N–H and O–H groups in total. The number of anilines is 1. The lowest BCUT2D eigenvalue weighted by Gasteiger charge is -2.18. The van der Waals surface area contributed by atoms with Crippen LogP contribution in [0.4, 0.5) is 5.69 Å². The molecular weight excluding hydrogens is 376 g/mol. The summed E-state index contributed by atoms with van der Waals surface area (Å²) in [6.07, 6.45) is 0. The van der Waals surface area contributed by atoms with Gasteiger partial charge in [0.1, 0.15) is 4.90 Å². The number of rotatable bonds is 4. The van der Waals surface area contributed by atoms with Crippen molar-refractivity contribution in [3.8, 4) is 0 Å². The molecule has 0 radical (unpaired) electrons. The van der Waals surface area contributed by atoms with Gasteiger partial charge in [-0.2, -0.15) is 4.31 Å².